The summed E-state index contributed by atoms with van der Waals surface area (Å²) in [5.41, 5.74) is -1.11. The highest BCUT2D eigenvalue weighted by Gasteiger charge is 2.28. The van der Waals surface area contributed by atoms with Crippen LogP contribution in [0, 0.1) is 12.7 Å². The lowest BCUT2D eigenvalue weighted by molar-refractivity contribution is -0.105. The molecule has 0 unspecified atom stereocenters. The second-order valence-electron chi connectivity index (χ2n) is 5.28. The molecular weight excluding hydrogens is 386 g/mol. The van der Waals surface area contributed by atoms with Gasteiger partial charge in [0.1, 0.15) is 11.5 Å². The first-order valence-corrected chi connectivity index (χ1v) is 9.55. The molecule has 0 aliphatic heterocycles. The SMILES string of the molecule is Cc1cc(F)c(-n2nc(S(C)(=O)=O)n(C)c2=O)cc1SCC(F)(F)F. The van der Waals surface area contributed by atoms with Crippen LogP contribution in [0.4, 0.5) is 17.6 Å². The molecule has 1 aromatic heterocycles. The summed E-state index contributed by atoms with van der Waals surface area (Å²) in [7, 11) is -2.70. The third kappa shape index (κ3) is 4.24. The Hall–Kier alpha value is -1.82. The Kier molecular flexibility index (Phi) is 5.06. The molecule has 0 amide bonds. The van der Waals surface area contributed by atoms with Crippen molar-refractivity contribution < 1.29 is 26.0 Å². The van der Waals surface area contributed by atoms with Crippen molar-refractivity contribution in [3.63, 3.8) is 0 Å². The average molecular weight is 399 g/mol. The van der Waals surface area contributed by atoms with E-state index < -0.39 is 44.1 Å². The number of aromatic nitrogens is 3. The zero-order chi connectivity index (χ0) is 19.2. The third-order valence-corrected chi connectivity index (χ3v) is 5.38. The van der Waals surface area contributed by atoms with E-state index in [0.29, 0.717) is 16.4 Å². The monoisotopic (exact) mass is 399 g/mol. The van der Waals surface area contributed by atoms with Gasteiger partial charge in [0.25, 0.3) is 0 Å². The first-order valence-electron chi connectivity index (χ1n) is 6.67. The van der Waals surface area contributed by atoms with Gasteiger partial charge in [-0.15, -0.1) is 16.9 Å². The fraction of sp³-hybridized carbons (Fsp3) is 0.385. The molecule has 0 aliphatic rings. The molecule has 0 atom stereocenters. The van der Waals surface area contributed by atoms with E-state index in [9.17, 15) is 30.8 Å². The molecule has 25 heavy (non-hydrogen) atoms. The molecule has 12 heteroatoms. The summed E-state index contributed by atoms with van der Waals surface area (Å²) in [5, 5.41) is 3.02. The lowest BCUT2D eigenvalue weighted by atomic mass is 10.2. The minimum atomic E-state index is -4.42. The third-order valence-electron chi connectivity index (χ3n) is 3.14. The van der Waals surface area contributed by atoms with Crippen molar-refractivity contribution in [1.29, 1.82) is 0 Å². The maximum absolute atomic E-state index is 14.2. The maximum Gasteiger partial charge on any atom is 0.398 e. The maximum atomic E-state index is 14.2. The number of rotatable bonds is 4. The molecule has 0 saturated heterocycles. The largest absolute Gasteiger partial charge is 0.398 e. The zero-order valence-corrected chi connectivity index (χ0v) is 14.9. The molecule has 0 aliphatic carbocycles. The Morgan fingerprint density at radius 3 is 2.36 bits per heavy atom. The van der Waals surface area contributed by atoms with Gasteiger partial charge in [-0.2, -0.15) is 17.9 Å². The molecule has 0 radical (unpaired) electrons. The lowest BCUT2D eigenvalue weighted by Gasteiger charge is -2.11. The molecular formula is C13H13F4N3O3S2. The van der Waals surface area contributed by atoms with Crippen LogP contribution in [0.5, 0.6) is 0 Å². The van der Waals surface area contributed by atoms with Gasteiger partial charge in [0.15, 0.2) is 0 Å². The summed E-state index contributed by atoms with van der Waals surface area (Å²) in [5.74, 6) is -2.10. The van der Waals surface area contributed by atoms with Crippen molar-refractivity contribution in [1.82, 2.24) is 14.3 Å². The topological polar surface area (TPSA) is 74.0 Å². The number of halogens is 4. The van der Waals surface area contributed by atoms with E-state index in [4.69, 9.17) is 0 Å². The van der Waals surface area contributed by atoms with Crippen LogP contribution in [-0.2, 0) is 16.9 Å². The van der Waals surface area contributed by atoms with Crippen LogP contribution < -0.4 is 5.69 Å². The van der Waals surface area contributed by atoms with Crippen LogP contribution in [0.3, 0.4) is 0 Å². The van der Waals surface area contributed by atoms with Crippen LogP contribution in [0.1, 0.15) is 5.56 Å². The summed E-state index contributed by atoms with van der Waals surface area (Å²) < 4.78 is 75.9. The molecule has 2 rings (SSSR count). The minimum Gasteiger partial charge on any atom is -0.269 e. The number of aryl methyl sites for hydroxylation is 1. The van der Waals surface area contributed by atoms with Crippen molar-refractivity contribution in [2.45, 2.75) is 23.2 Å². The lowest BCUT2D eigenvalue weighted by Crippen LogP contribution is -2.23. The Bertz CT molecular complexity index is 978. The molecule has 2 aromatic rings. The number of sulfone groups is 1. The summed E-state index contributed by atoms with van der Waals surface area (Å²) in [6, 6.07) is 2.01. The van der Waals surface area contributed by atoms with Gasteiger partial charge in [-0.1, -0.05) is 0 Å². The number of benzene rings is 1. The van der Waals surface area contributed by atoms with Gasteiger partial charge in [0.05, 0.1) is 5.75 Å². The van der Waals surface area contributed by atoms with E-state index in [1.807, 2.05) is 0 Å². The van der Waals surface area contributed by atoms with Gasteiger partial charge in [0, 0.05) is 18.2 Å². The zero-order valence-electron chi connectivity index (χ0n) is 13.3. The van der Waals surface area contributed by atoms with Crippen molar-refractivity contribution in [3.05, 3.63) is 34.0 Å². The van der Waals surface area contributed by atoms with Gasteiger partial charge in [-0.05, 0) is 24.6 Å². The first-order chi connectivity index (χ1) is 11.3. The van der Waals surface area contributed by atoms with Crippen molar-refractivity contribution in [3.8, 4) is 5.69 Å². The van der Waals surface area contributed by atoms with Crippen LogP contribution in [0.2, 0.25) is 0 Å². The van der Waals surface area contributed by atoms with Crippen molar-refractivity contribution in [2.24, 2.45) is 7.05 Å². The van der Waals surface area contributed by atoms with Gasteiger partial charge in [0.2, 0.25) is 15.0 Å². The second-order valence-corrected chi connectivity index (χ2v) is 8.21. The average Bonchev–Trinajstić information content (AvgIpc) is 2.73. The molecule has 0 saturated carbocycles. The summed E-state index contributed by atoms with van der Waals surface area (Å²) in [6.07, 6.45) is -3.59. The standard InChI is InChI=1S/C13H13F4N3O3S2/c1-7-4-8(14)9(5-10(7)24-6-13(15,16)17)20-12(21)19(2)11(18-20)25(3,22)23/h4-5H,6H2,1-3H3. The van der Waals surface area contributed by atoms with Crippen LogP contribution in [0.25, 0.3) is 5.69 Å². The van der Waals surface area contributed by atoms with E-state index in [-0.39, 0.29) is 10.5 Å². The van der Waals surface area contributed by atoms with Crippen LogP contribution >= 0.6 is 11.8 Å². The molecule has 0 bridgehead atoms. The van der Waals surface area contributed by atoms with E-state index in [1.165, 1.54) is 6.92 Å². The predicted octanol–water partition coefficient (Wildman–Crippen LogP) is 2.08. The highest BCUT2D eigenvalue weighted by molar-refractivity contribution is 7.99. The summed E-state index contributed by atoms with van der Waals surface area (Å²) >= 11 is 0.434. The molecule has 0 N–H and O–H groups in total. The normalized spacial score (nSPS) is 12.6. The number of thioether (sulfide) groups is 1. The summed E-state index contributed by atoms with van der Waals surface area (Å²) in [4.78, 5) is 12.3. The highest BCUT2D eigenvalue weighted by atomic mass is 32.2. The predicted molar refractivity (Wildman–Crippen MR) is 83.4 cm³/mol. The van der Waals surface area contributed by atoms with Crippen LogP contribution in [0.15, 0.2) is 27.0 Å². The van der Waals surface area contributed by atoms with Gasteiger partial charge >= 0.3 is 11.9 Å². The quantitative estimate of drug-likeness (QED) is 0.581. The van der Waals surface area contributed by atoms with Gasteiger partial charge in [-0.3, -0.25) is 4.57 Å². The Morgan fingerprint density at radius 2 is 1.88 bits per heavy atom. The molecule has 1 aromatic carbocycles. The van der Waals surface area contributed by atoms with E-state index in [2.05, 4.69) is 5.10 Å². The fourth-order valence-corrected chi connectivity index (χ4v) is 3.62. The van der Waals surface area contributed by atoms with E-state index in [1.54, 1.807) is 0 Å². The number of alkyl halides is 3. The highest BCUT2D eigenvalue weighted by Crippen LogP contribution is 2.31. The number of hydrogen-bond donors (Lipinski definition) is 0. The second kappa shape index (κ2) is 6.48. The smallest absolute Gasteiger partial charge is 0.269 e. The van der Waals surface area contributed by atoms with E-state index in [0.717, 1.165) is 30.0 Å². The molecule has 1 heterocycles. The van der Waals surface area contributed by atoms with Crippen molar-refractivity contribution >= 4 is 21.6 Å². The molecule has 0 spiro atoms. The minimum absolute atomic E-state index is 0.104. The van der Waals surface area contributed by atoms with Crippen molar-refractivity contribution in [2.75, 3.05) is 12.0 Å². The Labute approximate surface area is 144 Å². The van der Waals surface area contributed by atoms with E-state index >= 15 is 0 Å². The molecule has 138 valence electrons. The van der Waals surface area contributed by atoms with Gasteiger partial charge < -0.3 is 0 Å². The summed E-state index contributed by atoms with van der Waals surface area (Å²) in [6.45, 7) is 1.43. The number of nitrogens with zero attached hydrogens (tertiary/aromatic N) is 3. The molecule has 0 fully saturated rings. The fourth-order valence-electron chi connectivity index (χ4n) is 2.02. The van der Waals surface area contributed by atoms with Gasteiger partial charge in [-0.25, -0.2) is 17.6 Å². The number of hydrogen-bond acceptors (Lipinski definition) is 5. The Morgan fingerprint density at radius 1 is 1.28 bits per heavy atom. The first kappa shape index (κ1) is 19.5. The Balaban J connectivity index is 2.59. The van der Waals surface area contributed by atoms with Crippen LogP contribution in [-0.4, -0.2) is 41.0 Å². The molecule has 6 nitrogen and oxygen atoms in total.